The summed E-state index contributed by atoms with van der Waals surface area (Å²) in [7, 11) is 0. The second-order valence-electron chi connectivity index (χ2n) is 5.75. The number of hydrogen-bond donors (Lipinski definition) is 3. The Morgan fingerprint density at radius 1 is 1.26 bits per heavy atom. The topological polar surface area (TPSA) is 78.4 Å². The minimum Gasteiger partial charge on any atom is -0.480 e. The zero-order valence-corrected chi connectivity index (χ0v) is 12.0. The summed E-state index contributed by atoms with van der Waals surface area (Å²) < 4.78 is 0. The lowest BCUT2D eigenvalue weighted by molar-refractivity contribution is -0.139. The highest BCUT2D eigenvalue weighted by molar-refractivity contribution is 5.82. The Kier molecular flexibility index (Phi) is 6.12. The maximum Gasteiger partial charge on any atom is 0.326 e. The second kappa shape index (κ2) is 7.36. The highest BCUT2D eigenvalue weighted by Gasteiger charge is 2.29. The van der Waals surface area contributed by atoms with E-state index in [0.29, 0.717) is 6.42 Å². The number of carboxylic acid groups (broad SMARTS) is 1. The molecule has 1 fully saturated rings. The van der Waals surface area contributed by atoms with Gasteiger partial charge in [-0.3, -0.25) is 0 Å². The Labute approximate surface area is 115 Å². The quantitative estimate of drug-likeness (QED) is 0.694. The maximum atomic E-state index is 11.9. The molecule has 0 aromatic rings. The number of nitrogens with one attached hydrogen (secondary N) is 2. The van der Waals surface area contributed by atoms with E-state index >= 15 is 0 Å². The Balaban J connectivity index is 2.45. The number of carbonyl (C=O) groups is 2. The highest BCUT2D eigenvalue weighted by atomic mass is 16.4. The zero-order valence-electron chi connectivity index (χ0n) is 12.0. The van der Waals surface area contributed by atoms with E-state index in [9.17, 15) is 9.59 Å². The SMILES string of the molecule is CCCCC(NC(=O)NC1(C)CCCCC1)C(=O)O. The molecule has 5 heteroatoms. The fraction of sp³-hybridized carbons (Fsp3) is 0.857. The molecule has 110 valence electrons. The van der Waals surface area contributed by atoms with Crippen LogP contribution in [0.15, 0.2) is 0 Å². The van der Waals surface area contributed by atoms with E-state index in [4.69, 9.17) is 5.11 Å². The van der Waals surface area contributed by atoms with Crippen LogP contribution in [0.25, 0.3) is 0 Å². The fourth-order valence-electron chi connectivity index (χ4n) is 2.59. The fourth-order valence-corrected chi connectivity index (χ4v) is 2.59. The Morgan fingerprint density at radius 2 is 1.89 bits per heavy atom. The molecule has 1 rings (SSSR count). The normalized spacial score (nSPS) is 19.5. The summed E-state index contributed by atoms with van der Waals surface area (Å²) in [5.41, 5.74) is -0.184. The van der Waals surface area contributed by atoms with Gasteiger partial charge >= 0.3 is 12.0 Å². The van der Waals surface area contributed by atoms with Crippen LogP contribution in [0, 0.1) is 0 Å². The predicted octanol–water partition coefficient (Wildman–Crippen LogP) is 2.65. The van der Waals surface area contributed by atoms with Crippen molar-refractivity contribution in [3.63, 3.8) is 0 Å². The second-order valence-corrected chi connectivity index (χ2v) is 5.75. The molecule has 5 nitrogen and oxygen atoms in total. The first-order chi connectivity index (χ1) is 8.97. The van der Waals surface area contributed by atoms with E-state index in [1.807, 2.05) is 13.8 Å². The van der Waals surface area contributed by atoms with Crippen molar-refractivity contribution in [2.75, 3.05) is 0 Å². The van der Waals surface area contributed by atoms with Crippen molar-refractivity contribution in [1.82, 2.24) is 10.6 Å². The maximum absolute atomic E-state index is 11.9. The lowest BCUT2D eigenvalue weighted by Crippen LogP contribution is -2.54. The van der Waals surface area contributed by atoms with Gasteiger partial charge < -0.3 is 15.7 Å². The molecule has 0 radical (unpaired) electrons. The van der Waals surface area contributed by atoms with E-state index in [2.05, 4.69) is 10.6 Å². The number of hydrogen-bond acceptors (Lipinski definition) is 2. The molecule has 1 saturated carbocycles. The van der Waals surface area contributed by atoms with Crippen molar-refractivity contribution in [3.05, 3.63) is 0 Å². The molecule has 0 aliphatic heterocycles. The molecule has 0 aromatic carbocycles. The molecule has 0 spiro atoms. The average Bonchev–Trinajstić information content (AvgIpc) is 2.34. The van der Waals surface area contributed by atoms with E-state index in [-0.39, 0.29) is 11.6 Å². The van der Waals surface area contributed by atoms with Crippen molar-refractivity contribution in [2.45, 2.75) is 76.8 Å². The minimum absolute atomic E-state index is 0.184. The molecule has 3 N–H and O–H groups in total. The summed E-state index contributed by atoms with van der Waals surface area (Å²) in [4.78, 5) is 23.0. The van der Waals surface area contributed by atoms with Crippen molar-refractivity contribution in [1.29, 1.82) is 0 Å². The predicted molar refractivity (Wildman–Crippen MR) is 74.1 cm³/mol. The van der Waals surface area contributed by atoms with Gasteiger partial charge in [-0.2, -0.15) is 0 Å². The molecule has 1 aliphatic rings. The number of amides is 2. The number of aliphatic carboxylic acids is 1. The smallest absolute Gasteiger partial charge is 0.326 e. The van der Waals surface area contributed by atoms with Gasteiger partial charge in [0.2, 0.25) is 0 Å². The van der Waals surface area contributed by atoms with Crippen molar-refractivity contribution in [3.8, 4) is 0 Å². The third-order valence-corrected chi connectivity index (χ3v) is 3.82. The van der Waals surface area contributed by atoms with Crippen molar-refractivity contribution in [2.24, 2.45) is 0 Å². The molecule has 0 aromatic heterocycles. The molecule has 0 saturated heterocycles. The van der Waals surface area contributed by atoms with Gasteiger partial charge in [0, 0.05) is 5.54 Å². The summed E-state index contributed by atoms with van der Waals surface area (Å²) in [5.74, 6) is -0.961. The van der Waals surface area contributed by atoms with Crippen LogP contribution >= 0.6 is 0 Å². The van der Waals surface area contributed by atoms with E-state index in [0.717, 1.165) is 38.5 Å². The Hall–Kier alpha value is -1.26. The summed E-state index contributed by atoms with van der Waals surface area (Å²) in [6.07, 6.45) is 7.59. The number of rotatable bonds is 6. The molecule has 1 unspecified atom stereocenters. The summed E-state index contributed by atoms with van der Waals surface area (Å²) in [5, 5.41) is 14.6. The van der Waals surface area contributed by atoms with E-state index < -0.39 is 12.0 Å². The van der Waals surface area contributed by atoms with Gasteiger partial charge in [-0.25, -0.2) is 9.59 Å². The van der Waals surface area contributed by atoms with Gasteiger partial charge in [-0.1, -0.05) is 39.0 Å². The monoisotopic (exact) mass is 270 g/mol. The van der Waals surface area contributed by atoms with Crippen LogP contribution in [0.2, 0.25) is 0 Å². The van der Waals surface area contributed by atoms with Crippen LogP contribution in [-0.4, -0.2) is 28.7 Å². The molecule has 1 aliphatic carbocycles. The third kappa shape index (κ3) is 5.49. The van der Waals surface area contributed by atoms with Gasteiger partial charge in [-0.05, 0) is 26.2 Å². The number of carbonyl (C=O) groups excluding carboxylic acids is 1. The number of urea groups is 1. The van der Waals surface area contributed by atoms with Gasteiger partial charge in [0.05, 0.1) is 0 Å². The first-order valence-corrected chi connectivity index (χ1v) is 7.28. The number of carboxylic acids is 1. The lowest BCUT2D eigenvalue weighted by atomic mass is 9.83. The van der Waals surface area contributed by atoms with Gasteiger partial charge in [0.1, 0.15) is 6.04 Å². The van der Waals surface area contributed by atoms with E-state index in [1.165, 1.54) is 6.42 Å². The van der Waals surface area contributed by atoms with Gasteiger partial charge in [-0.15, -0.1) is 0 Å². The summed E-state index contributed by atoms with van der Waals surface area (Å²) in [6.45, 7) is 4.04. The van der Waals surface area contributed by atoms with Gasteiger partial charge in [0.15, 0.2) is 0 Å². The lowest BCUT2D eigenvalue weighted by Gasteiger charge is -2.34. The zero-order chi connectivity index (χ0) is 14.3. The van der Waals surface area contributed by atoms with Crippen LogP contribution in [0.5, 0.6) is 0 Å². The summed E-state index contributed by atoms with van der Waals surface area (Å²) >= 11 is 0. The standard InChI is InChI=1S/C14H26N2O3/c1-3-4-8-11(12(17)18)15-13(19)16-14(2)9-6-5-7-10-14/h11H,3-10H2,1-2H3,(H,17,18)(H2,15,16,19). The molecule has 0 heterocycles. The molecule has 0 bridgehead atoms. The van der Waals surface area contributed by atoms with Gasteiger partial charge in [0.25, 0.3) is 0 Å². The van der Waals surface area contributed by atoms with Crippen LogP contribution in [0.4, 0.5) is 4.79 Å². The Morgan fingerprint density at radius 3 is 2.42 bits per heavy atom. The van der Waals surface area contributed by atoms with Crippen LogP contribution < -0.4 is 10.6 Å². The van der Waals surface area contributed by atoms with Crippen molar-refractivity contribution < 1.29 is 14.7 Å². The van der Waals surface area contributed by atoms with Crippen LogP contribution in [0.1, 0.15) is 65.2 Å². The molecular formula is C14H26N2O3. The minimum atomic E-state index is -0.961. The average molecular weight is 270 g/mol. The largest absolute Gasteiger partial charge is 0.480 e. The van der Waals surface area contributed by atoms with E-state index in [1.54, 1.807) is 0 Å². The number of unbranched alkanes of at least 4 members (excludes halogenated alkanes) is 1. The first-order valence-electron chi connectivity index (χ1n) is 7.28. The van der Waals surface area contributed by atoms with Crippen molar-refractivity contribution >= 4 is 12.0 Å². The summed E-state index contributed by atoms with van der Waals surface area (Å²) in [6, 6.07) is -1.14. The Bertz CT molecular complexity index is 312. The van der Waals surface area contributed by atoms with Crippen LogP contribution in [0.3, 0.4) is 0 Å². The van der Waals surface area contributed by atoms with Crippen LogP contribution in [-0.2, 0) is 4.79 Å². The first kappa shape index (κ1) is 15.8. The molecule has 1 atom stereocenters. The molecular weight excluding hydrogens is 244 g/mol. The molecule has 2 amide bonds. The highest BCUT2D eigenvalue weighted by Crippen LogP contribution is 2.27. The third-order valence-electron chi connectivity index (χ3n) is 3.82. The molecule has 19 heavy (non-hydrogen) atoms.